The lowest BCUT2D eigenvalue weighted by Gasteiger charge is -2.35. The highest BCUT2D eigenvalue weighted by Gasteiger charge is 2.24. The summed E-state index contributed by atoms with van der Waals surface area (Å²) < 4.78 is 13.4. The SMILES string of the molecule is Cc1nc2cc(F)ccc2cc1C(=O)N1CCN(Cc2ccc(C#N)cc2)CC1. The van der Waals surface area contributed by atoms with Crippen LogP contribution in [-0.2, 0) is 6.54 Å². The molecule has 3 aromatic rings. The number of nitrogens with zero attached hydrogens (tertiary/aromatic N) is 4. The molecule has 0 saturated carbocycles. The van der Waals surface area contributed by atoms with E-state index in [2.05, 4.69) is 16.0 Å². The van der Waals surface area contributed by atoms with Gasteiger partial charge in [0, 0.05) is 44.2 Å². The molecule has 146 valence electrons. The Balaban J connectivity index is 1.42. The molecule has 1 aromatic heterocycles. The van der Waals surface area contributed by atoms with Gasteiger partial charge in [0.05, 0.1) is 28.4 Å². The monoisotopic (exact) mass is 388 g/mol. The molecule has 1 amide bonds. The third kappa shape index (κ3) is 4.10. The fraction of sp³-hybridized carbons (Fsp3) is 0.261. The van der Waals surface area contributed by atoms with Crippen molar-refractivity contribution >= 4 is 16.8 Å². The predicted molar refractivity (Wildman–Crippen MR) is 109 cm³/mol. The number of piperazine rings is 1. The smallest absolute Gasteiger partial charge is 0.255 e. The minimum atomic E-state index is -0.332. The Bertz CT molecular complexity index is 1100. The molecule has 1 saturated heterocycles. The van der Waals surface area contributed by atoms with Crippen molar-refractivity contribution in [2.45, 2.75) is 13.5 Å². The molecule has 2 aromatic carbocycles. The van der Waals surface area contributed by atoms with Crippen LogP contribution < -0.4 is 0 Å². The molecule has 0 aliphatic carbocycles. The fourth-order valence-electron chi connectivity index (χ4n) is 3.68. The van der Waals surface area contributed by atoms with Crippen molar-refractivity contribution in [1.82, 2.24) is 14.8 Å². The number of fused-ring (bicyclic) bond motifs is 1. The first kappa shape index (κ1) is 19.0. The summed E-state index contributed by atoms with van der Waals surface area (Å²) in [7, 11) is 0. The lowest BCUT2D eigenvalue weighted by atomic mass is 10.1. The number of carbonyl (C=O) groups excluding carboxylic acids is 1. The van der Waals surface area contributed by atoms with Gasteiger partial charge in [-0.3, -0.25) is 14.7 Å². The number of hydrogen-bond donors (Lipinski definition) is 0. The van der Waals surface area contributed by atoms with Crippen LogP contribution in [0.5, 0.6) is 0 Å². The molecule has 0 N–H and O–H groups in total. The molecule has 0 atom stereocenters. The lowest BCUT2D eigenvalue weighted by molar-refractivity contribution is 0.0627. The normalized spacial score (nSPS) is 14.7. The Kier molecular flexibility index (Phi) is 5.24. The molecule has 0 bridgehead atoms. The number of rotatable bonds is 3. The molecule has 1 aliphatic rings. The number of nitriles is 1. The first-order valence-corrected chi connectivity index (χ1v) is 9.61. The van der Waals surface area contributed by atoms with Gasteiger partial charge in [0.2, 0.25) is 0 Å². The molecule has 29 heavy (non-hydrogen) atoms. The van der Waals surface area contributed by atoms with Gasteiger partial charge in [-0.15, -0.1) is 0 Å². The van der Waals surface area contributed by atoms with E-state index >= 15 is 0 Å². The maximum atomic E-state index is 13.4. The number of carbonyl (C=O) groups is 1. The summed E-state index contributed by atoms with van der Waals surface area (Å²) in [6.45, 7) is 5.47. The summed E-state index contributed by atoms with van der Waals surface area (Å²) in [4.78, 5) is 21.6. The summed E-state index contributed by atoms with van der Waals surface area (Å²) in [5, 5.41) is 9.66. The van der Waals surface area contributed by atoms with E-state index in [1.807, 2.05) is 35.2 Å². The van der Waals surface area contributed by atoms with Crippen LogP contribution in [0.2, 0.25) is 0 Å². The van der Waals surface area contributed by atoms with E-state index in [4.69, 9.17) is 5.26 Å². The number of hydrogen-bond acceptors (Lipinski definition) is 4. The van der Waals surface area contributed by atoms with Crippen LogP contribution in [0.15, 0.2) is 48.5 Å². The van der Waals surface area contributed by atoms with Gasteiger partial charge >= 0.3 is 0 Å². The average Bonchev–Trinajstić information content (AvgIpc) is 2.74. The summed E-state index contributed by atoms with van der Waals surface area (Å²) >= 11 is 0. The number of aryl methyl sites for hydroxylation is 1. The van der Waals surface area contributed by atoms with Crippen LogP contribution in [0.1, 0.15) is 27.2 Å². The highest BCUT2D eigenvalue weighted by atomic mass is 19.1. The van der Waals surface area contributed by atoms with Crippen LogP contribution in [0.4, 0.5) is 4.39 Å². The summed E-state index contributed by atoms with van der Waals surface area (Å²) in [5.41, 5.74) is 3.57. The highest BCUT2D eigenvalue weighted by molar-refractivity contribution is 5.98. The maximum absolute atomic E-state index is 13.4. The third-order valence-corrected chi connectivity index (χ3v) is 5.35. The standard InChI is InChI=1S/C23H21FN4O/c1-16-21(12-19-6-7-20(24)13-22(19)26-16)23(29)28-10-8-27(9-11-28)15-18-4-2-17(14-25)3-5-18/h2-7,12-13H,8-11,15H2,1H3. The van der Waals surface area contributed by atoms with Crippen LogP contribution in [-0.4, -0.2) is 46.9 Å². The zero-order chi connectivity index (χ0) is 20.4. The second kappa shape index (κ2) is 7.98. The molecule has 0 radical (unpaired) electrons. The van der Waals surface area contributed by atoms with Crippen molar-refractivity contribution < 1.29 is 9.18 Å². The minimum Gasteiger partial charge on any atom is -0.336 e. The largest absolute Gasteiger partial charge is 0.336 e. The molecule has 1 aliphatic heterocycles. The van der Waals surface area contributed by atoms with Crippen molar-refractivity contribution in [3.8, 4) is 6.07 Å². The van der Waals surface area contributed by atoms with Crippen LogP contribution in [0.25, 0.3) is 10.9 Å². The Morgan fingerprint density at radius 1 is 1.10 bits per heavy atom. The number of pyridine rings is 1. The fourth-order valence-corrected chi connectivity index (χ4v) is 3.68. The van der Waals surface area contributed by atoms with Gasteiger partial charge in [0.15, 0.2) is 0 Å². The second-order valence-electron chi connectivity index (χ2n) is 7.34. The Labute approximate surface area is 169 Å². The zero-order valence-corrected chi connectivity index (χ0v) is 16.2. The van der Waals surface area contributed by atoms with Gasteiger partial charge < -0.3 is 4.90 Å². The van der Waals surface area contributed by atoms with E-state index in [1.54, 1.807) is 13.0 Å². The number of amides is 1. The average molecular weight is 388 g/mol. The van der Waals surface area contributed by atoms with Gasteiger partial charge in [-0.1, -0.05) is 12.1 Å². The number of benzene rings is 2. The van der Waals surface area contributed by atoms with Gasteiger partial charge in [-0.2, -0.15) is 5.26 Å². The van der Waals surface area contributed by atoms with Gasteiger partial charge in [0.25, 0.3) is 5.91 Å². The molecule has 4 rings (SSSR count). The quantitative estimate of drug-likeness (QED) is 0.689. The second-order valence-corrected chi connectivity index (χ2v) is 7.34. The first-order valence-electron chi connectivity index (χ1n) is 9.61. The van der Waals surface area contributed by atoms with Crippen molar-refractivity contribution in [3.05, 3.63) is 76.7 Å². The molecule has 6 heteroatoms. The van der Waals surface area contributed by atoms with Crippen molar-refractivity contribution in [1.29, 1.82) is 5.26 Å². The Hall–Kier alpha value is -3.30. The predicted octanol–water partition coefficient (Wildman–Crippen LogP) is 3.51. The Morgan fingerprint density at radius 3 is 2.52 bits per heavy atom. The highest BCUT2D eigenvalue weighted by Crippen LogP contribution is 2.20. The van der Waals surface area contributed by atoms with Crippen molar-refractivity contribution in [3.63, 3.8) is 0 Å². The summed E-state index contributed by atoms with van der Waals surface area (Å²) in [6, 6.07) is 16.0. The van der Waals surface area contributed by atoms with E-state index < -0.39 is 0 Å². The van der Waals surface area contributed by atoms with Gasteiger partial charge in [-0.05, 0) is 42.8 Å². The third-order valence-electron chi connectivity index (χ3n) is 5.35. The molecule has 1 fully saturated rings. The van der Waals surface area contributed by atoms with Crippen LogP contribution in [0, 0.1) is 24.1 Å². The van der Waals surface area contributed by atoms with Crippen LogP contribution >= 0.6 is 0 Å². The first-order chi connectivity index (χ1) is 14.0. The molecule has 0 unspecified atom stereocenters. The van der Waals surface area contributed by atoms with E-state index in [0.29, 0.717) is 35.4 Å². The van der Waals surface area contributed by atoms with Crippen LogP contribution in [0.3, 0.4) is 0 Å². The molecule has 5 nitrogen and oxygen atoms in total. The van der Waals surface area contributed by atoms with Gasteiger partial charge in [0.1, 0.15) is 5.82 Å². The van der Waals surface area contributed by atoms with Crippen molar-refractivity contribution in [2.24, 2.45) is 0 Å². The zero-order valence-electron chi connectivity index (χ0n) is 16.2. The summed E-state index contributed by atoms with van der Waals surface area (Å²) in [6.07, 6.45) is 0. The van der Waals surface area contributed by atoms with E-state index in [1.165, 1.54) is 12.1 Å². The maximum Gasteiger partial charge on any atom is 0.255 e. The Morgan fingerprint density at radius 2 is 1.83 bits per heavy atom. The van der Waals surface area contributed by atoms with E-state index in [-0.39, 0.29) is 11.7 Å². The molecular weight excluding hydrogens is 367 g/mol. The lowest BCUT2D eigenvalue weighted by Crippen LogP contribution is -2.48. The molecular formula is C23H21FN4O. The van der Waals surface area contributed by atoms with E-state index in [0.717, 1.165) is 30.6 Å². The van der Waals surface area contributed by atoms with Gasteiger partial charge in [-0.25, -0.2) is 4.39 Å². The minimum absolute atomic E-state index is 0.0285. The van der Waals surface area contributed by atoms with E-state index in [9.17, 15) is 9.18 Å². The summed E-state index contributed by atoms with van der Waals surface area (Å²) in [5.74, 6) is -0.360. The van der Waals surface area contributed by atoms with Crippen molar-refractivity contribution in [2.75, 3.05) is 26.2 Å². The topological polar surface area (TPSA) is 60.2 Å². The molecule has 0 spiro atoms. The number of aromatic nitrogens is 1. The molecule has 2 heterocycles. The number of halogens is 1.